The van der Waals surface area contributed by atoms with Crippen LogP contribution in [0.5, 0.6) is 0 Å². The summed E-state index contributed by atoms with van der Waals surface area (Å²) >= 11 is 0. The Balaban J connectivity index is 2.04. The fourth-order valence-electron chi connectivity index (χ4n) is 2.54. The molecule has 3 aromatic rings. The molecule has 0 atom stereocenters. The fourth-order valence-corrected chi connectivity index (χ4v) is 2.54. The zero-order chi connectivity index (χ0) is 19.4. The molecule has 3 rings (SSSR count). The summed E-state index contributed by atoms with van der Waals surface area (Å²) in [5, 5.41) is 10.9. The number of nitro benzene ring substituents is 1. The van der Waals surface area contributed by atoms with Gasteiger partial charge in [0.25, 0.3) is 5.69 Å². The van der Waals surface area contributed by atoms with Gasteiger partial charge in [0.1, 0.15) is 12.1 Å². The van der Waals surface area contributed by atoms with E-state index in [0.29, 0.717) is 22.7 Å². The second-order valence-electron chi connectivity index (χ2n) is 5.69. The maximum atomic E-state index is 11.8. The molecule has 0 saturated heterocycles. The van der Waals surface area contributed by atoms with Crippen molar-refractivity contribution in [3.63, 3.8) is 0 Å². The van der Waals surface area contributed by atoms with Gasteiger partial charge in [-0.25, -0.2) is 4.98 Å². The van der Waals surface area contributed by atoms with Crippen molar-refractivity contribution < 1.29 is 18.9 Å². The highest BCUT2D eigenvalue weighted by atomic mass is 16.6. The number of anilines is 1. The van der Waals surface area contributed by atoms with E-state index >= 15 is 0 Å². The van der Waals surface area contributed by atoms with Crippen molar-refractivity contribution >= 4 is 17.3 Å². The average molecular weight is 367 g/mol. The Morgan fingerprint density at radius 2 is 1.78 bits per heavy atom. The van der Waals surface area contributed by atoms with E-state index in [0.717, 1.165) is 5.56 Å². The largest absolute Gasteiger partial charge is 0.466 e. The predicted molar refractivity (Wildman–Crippen MR) is 98.8 cm³/mol. The number of aromatic nitrogens is 1. The molecule has 2 N–H and O–H groups in total. The number of hydrogen-bond donors (Lipinski definition) is 1. The van der Waals surface area contributed by atoms with Crippen LogP contribution in [-0.2, 0) is 16.0 Å². The van der Waals surface area contributed by atoms with Gasteiger partial charge < -0.3 is 14.9 Å². The summed E-state index contributed by atoms with van der Waals surface area (Å²) in [7, 11) is 0. The lowest BCUT2D eigenvalue weighted by Gasteiger charge is -2.02. The SMILES string of the molecule is CCOC(=O)Cc1nc(-c2ccc([N+](=O)[O-])cc2)c(-c2ccc(N)cc2)o1. The number of nitrogens with two attached hydrogens (primary N) is 1. The lowest BCUT2D eigenvalue weighted by atomic mass is 10.1. The zero-order valence-electron chi connectivity index (χ0n) is 14.5. The molecule has 27 heavy (non-hydrogen) atoms. The van der Waals surface area contributed by atoms with Crippen LogP contribution in [0.2, 0.25) is 0 Å². The molecule has 0 bridgehead atoms. The standard InChI is InChI=1S/C19H17N3O5/c1-2-26-17(23)11-16-21-18(12-5-9-15(10-6-12)22(24)25)19(27-16)13-3-7-14(20)8-4-13/h3-10H,2,11,20H2,1H3. The van der Waals surface area contributed by atoms with Crippen LogP contribution in [0.3, 0.4) is 0 Å². The first-order chi connectivity index (χ1) is 13.0. The molecule has 0 aliphatic heterocycles. The Morgan fingerprint density at radius 1 is 1.15 bits per heavy atom. The van der Waals surface area contributed by atoms with E-state index in [-0.39, 0.29) is 24.6 Å². The average Bonchev–Trinajstić information content (AvgIpc) is 3.06. The van der Waals surface area contributed by atoms with Crippen molar-refractivity contribution in [2.75, 3.05) is 12.3 Å². The first-order valence-electron chi connectivity index (χ1n) is 8.24. The maximum Gasteiger partial charge on any atom is 0.315 e. The van der Waals surface area contributed by atoms with Crippen molar-refractivity contribution in [2.45, 2.75) is 13.3 Å². The number of nitrogen functional groups attached to an aromatic ring is 1. The molecule has 8 heteroatoms. The van der Waals surface area contributed by atoms with Crippen LogP contribution in [0.25, 0.3) is 22.6 Å². The molecule has 138 valence electrons. The summed E-state index contributed by atoms with van der Waals surface area (Å²) in [4.78, 5) is 26.6. The molecular weight excluding hydrogens is 350 g/mol. The summed E-state index contributed by atoms with van der Waals surface area (Å²) in [6.45, 7) is 1.98. The van der Waals surface area contributed by atoms with E-state index in [2.05, 4.69) is 4.98 Å². The third-order valence-corrected chi connectivity index (χ3v) is 3.80. The molecule has 1 heterocycles. The van der Waals surface area contributed by atoms with Gasteiger partial charge in [-0.15, -0.1) is 0 Å². The van der Waals surface area contributed by atoms with E-state index in [1.54, 1.807) is 43.3 Å². The predicted octanol–water partition coefficient (Wildman–Crippen LogP) is 3.60. The summed E-state index contributed by atoms with van der Waals surface area (Å²) < 4.78 is 10.7. The molecular formula is C19H17N3O5. The van der Waals surface area contributed by atoms with E-state index < -0.39 is 10.9 Å². The molecule has 8 nitrogen and oxygen atoms in total. The third kappa shape index (κ3) is 4.12. The van der Waals surface area contributed by atoms with Gasteiger partial charge in [-0.1, -0.05) is 0 Å². The number of non-ortho nitro benzene ring substituents is 1. The number of ether oxygens (including phenoxy) is 1. The van der Waals surface area contributed by atoms with Crippen LogP contribution >= 0.6 is 0 Å². The third-order valence-electron chi connectivity index (χ3n) is 3.80. The molecule has 0 fully saturated rings. The molecule has 0 aliphatic carbocycles. The number of carbonyl (C=O) groups excluding carboxylic acids is 1. The van der Waals surface area contributed by atoms with Gasteiger partial charge in [-0.05, 0) is 43.3 Å². The van der Waals surface area contributed by atoms with Gasteiger partial charge in [0.15, 0.2) is 5.76 Å². The first kappa shape index (κ1) is 18.1. The molecule has 0 radical (unpaired) electrons. The summed E-state index contributed by atoms with van der Waals surface area (Å²) in [5.41, 5.74) is 8.14. The van der Waals surface area contributed by atoms with Crippen LogP contribution in [0.1, 0.15) is 12.8 Å². The molecule has 0 saturated carbocycles. The van der Waals surface area contributed by atoms with Crippen molar-refractivity contribution in [1.82, 2.24) is 4.98 Å². The van der Waals surface area contributed by atoms with Crippen molar-refractivity contribution in [1.29, 1.82) is 0 Å². The van der Waals surface area contributed by atoms with E-state index in [1.165, 1.54) is 12.1 Å². The van der Waals surface area contributed by atoms with Crippen LogP contribution in [0, 0.1) is 10.1 Å². The Hall–Kier alpha value is -3.68. The second kappa shape index (κ2) is 7.69. The van der Waals surface area contributed by atoms with Gasteiger partial charge in [-0.3, -0.25) is 14.9 Å². The number of oxazole rings is 1. The van der Waals surface area contributed by atoms with E-state index in [4.69, 9.17) is 14.9 Å². The number of nitro groups is 1. The number of carbonyl (C=O) groups is 1. The topological polar surface area (TPSA) is 121 Å². The van der Waals surface area contributed by atoms with Crippen LogP contribution in [0.4, 0.5) is 11.4 Å². The highest BCUT2D eigenvalue weighted by molar-refractivity contribution is 5.79. The number of benzene rings is 2. The maximum absolute atomic E-state index is 11.8. The van der Waals surface area contributed by atoms with Crippen molar-refractivity contribution in [3.8, 4) is 22.6 Å². The molecule has 2 aromatic carbocycles. The molecule has 0 unspecified atom stereocenters. The molecule has 0 amide bonds. The van der Waals surface area contributed by atoms with E-state index in [9.17, 15) is 14.9 Å². The normalized spacial score (nSPS) is 10.6. The number of rotatable bonds is 6. The van der Waals surface area contributed by atoms with Crippen LogP contribution in [-0.4, -0.2) is 22.5 Å². The van der Waals surface area contributed by atoms with Gasteiger partial charge in [-0.2, -0.15) is 0 Å². The Labute approximate surface area is 154 Å². The van der Waals surface area contributed by atoms with Gasteiger partial charge in [0.05, 0.1) is 11.5 Å². The highest BCUT2D eigenvalue weighted by Gasteiger charge is 2.20. The Kier molecular flexibility index (Phi) is 5.16. The van der Waals surface area contributed by atoms with Crippen LogP contribution in [0.15, 0.2) is 52.9 Å². The lowest BCUT2D eigenvalue weighted by Crippen LogP contribution is -2.07. The Morgan fingerprint density at radius 3 is 2.37 bits per heavy atom. The first-order valence-corrected chi connectivity index (χ1v) is 8.24. The summed E-state index contributed by atoms with van der Waals surface area (Å²) in [6.07, 6.45) is -0.108. The lowest BCUT2D eigenvalue weighted by molar-refractivity contribution is -0.384. The molecule has 1 aromatic heterocycles. The minimum atomic E-state index is -0.473. The molecule has 0 spiro atoms. The summed E-state index contributed by atoms with van der Waals surface area (Å²) in [6, 6.07) is 13.0. The fraction of sp³-hybridized carbons (Fsp3) is 0.158. The quantitative estimate of drug-likeness (QED) is 0.306. The number of nitrogens with zero attached hydrogens (tertiary/aromatic N) is 2. The van der Waals surface area contributed by atoms with Crippen molar-refractivity contribution in [3.05, 3.63) is 64.5 Å². The number of esters is 1. The van der Waals surface area contributed by atoms with Crippen molar-refractivity contribution in [2.24, 2.45) is 0 Å². The smallest absolute Gasteiger partial charge is 0.315 e. The highest BCUT2D eigenvalue weighted by Crippen LogP contribution is 2.34. The van der Waals surface area contributed by atoms with Crippen LogP contribution < -0.4 is 5.73 Å². The molecule has 0 aliphatic rings. The minimum absolute atomic E-state index is 0.0250. The second-order valence-corrected chi connectivity index (χ2v) is 5.69. The monoisotopic (exact) mass is 367 g/mol. The Bertz CT molecular complexity index is 962. The van der Waals surface area contributed by atoms with Gasteiger partial charge in [0.2, 0.25) is 5.89 Å². The summed E-state index contributed by atoms with van der Waals surface area (Å²) in [5.74, 6) is 0.203. The van der Waals surface area contributed by atoms with Gasteiger partial charge >= 0.3 is 5.97 Å². The van der Waals surface area contributed by atoms with Gasteiger partial charge in [0, 0.05) is 28.9 Å². The van der Waals surface area contributed by atoms with E-state index in [1.807, 2.05) is 0 Å². The number of hydrogen-bond acceptors (Lipinski definition) is 7. The zero-order valence-corrected chi connectivity index (χ0v) is 14.5. The minimum Gasteiger partial charge on any atom is -0.466 e.